The van der Waals surface area contributed by atoms with Crippen LogP contribution >= 0.6 is 23.1 Å². The summed E-state index contributed by atoms with van der Waals surface area (Å²) in [6.07, 6.45) is 0. The van der Waals surface area contributed by atoms with Crippen molar-refractivity contribution in [2.24, 2.45) is 0 Å². The highest BCUT2D eigenvalue weighted by Crippen LogP contribution is 2.32. The number of hydrogen-bond donors (Lipinski definition) is 1. The number of amides is 1. The van der Waals surface area contributed by atoms with Gasteiger partial charge in [0.25, 0.3) is 5.91 Å². The highest BCUT2D eigenvalue weighted by molar-refractivity contribution is 8.01. The third-order valence-corrected chi connectivity index (χ3v) is 5.52. The maximum absolute atomic E-state index is 13.5. The van der Waals surface area contributed by atoms with Crippen molar-refractivity contribution in [2.75, 3.05) is 11.9 Å². The fraction of sp³-hybridized carbons (Fsp3) is 0.158. The summed E-state index contributed by atoms with van der Waals surface area (Å²) in [6, 6.07) is 11.8. The van der Waals surface area contributed by atoms with Crippen molar-refractivity contribution in [3.63, 3.8) is 0 Å². The predicted molar refractivity (Wildman–Crippen MR) is 103 cm³/mol. The van der Waals surface area contributed by atoms with Gasteiger partial charge < -0.3 is 10.1 Å². The van der Waals surface area contributed by atoms with Gasteiger partial charge in [-0.15, -0.1) is 11.3 Å². The summed E-state index contributed by atoms with van der Waals surface area (Å²) < 4.78 is 19.7. The molecule has 0 aliphatic heterocycles. The molecular formula is C19H17FN2O2S2. The topological polar surface area (TPSA) is 51.2 Å². The Morgan fingerprint density at radius 2 is 2.08 bits per heavy atom. The Bertz CT molecular complexity index is 927. The molecule has 7 heteroatoms. The van der Waals surface area contributed by atoms with Crippen LogP contribution in [0.4, 0.5) is 10.1 Å². The first kappa shape index (κ1) is 18.4. The van der Waals surface area contributed by atoms with E-state index in [-0.39, 0.29) is 18.3 Å². The molecule has 1 aromatic heterocycles. The van der Waals surface area contributed by atoms with Crippen molar-refractivity contribution in [1.82, 2.24) is 4.98 Å². The minimum absolute atomic E-state index is 0.0601. The van der Waals surface area contributed by atoms with E-state index in [4.69, 9.17) is 4.74 Å². The van der Waals surface area contributed by atoms with Gasteiger partial charge in [-0.25, -0.2) is 9.37 Å². The summed E-state index contributed by atoms with van der Waals surface area (Å²) in [5.41, 5.74) is 2.64. The summed E-state index contributed by atoms with van der Waals surface area (Å²) >= 11 is 3.19. The number of hydrogen-bond acceptors (Lipinski definition) is 5. The number of ether oxygens (including phenoxy) is 1. The van der Waals surface area contributed by atoms with E-state index >= 15 is 0 Å². The second-order valence-corrected chi connectivity index (χ2v) is 7.78. The van der Waals surface area contributed by atoms with Crippen LogP contribution < -0.4 is 10.1 Å². The van der Waals surface area contributed by atoms with Crippen molar-refractivity contribution < 1.29 is 13.9 Å². The number of rotatable bonds is 6. The molecule has 3 aromatic rings. The Kier molecular flexibility index (Phi) is 5.90. The molecule has 1 amide bonds. The van der Waals surface area contributed by atoms with Gasteiger partial charge in [-0.1, -0.05) is 23.9 Å². The normalized spacial score (nSPS) is 10.6. The molecule has 0 saturated carbocycles. The van der Waals surface area contributed by atoms with Gasteiger partial charge in [0.15, 0.2) is 22.5 Å². The molecule has 2 aromatic carbocycles. The number of para-hydroxylation sites is 1. The lowest BCUT2D eigenvalue weighted by atomic mass is 10.2. The van der Waals surface area contributed by atoms with Gasteiger partial charge in [0.05, 0.1) is 0 Å². The van der Waals surface area contributed by atoms with E-state index < -0.39 is 5.82 Å². The van der Waals surface area contributed by atoms with Gasteiger partial charge in [0, 0.05) is 21.7 Å². The van der Waals surface area contributed by atoms with E-state index in [0.29, 0.717) is 5.69 Å². The second kappa shape index (κ2) is 8.33. The predicted octanol–water partition coefficient (Wildman–Crippen LogP) is 5.07. The average molecular weight is 388 g/mol. The van der Waals surface area contributed by atoms with Crippen LogP contribution in [0.25, 0.3) is 0 Å². The molecule has 0 radical (unpaired) electrons. The summed E-state index contributed by atoms with van der Waals surface area (Å²) in [4.78, 5) is 17.5. The van der Waals surface area contributed by atoms with Crippen LogP contribution in [-0.4, -0.2) is 17.5 Å². The lowest BCUT2D eigenvalue weighted by Gasteiger charge is -2.11. The molecule has 0 spiro atoms. The number of halogens is 1. The number of carbonyl (C=O) groups is 1. The highest BCUT2D eigenvalue weighted by atomic mass is 32.2. The zero-order valence-electron chi connectivity index (χ0n) is 14.3. The largest absolute Gasteiger partial charge is 0.481 e. The van der Waals surface area contributed by atoms with E-state index in [0.717, 1.165) is 20.5 Å². The molecule has 3 rings (SSSR count). The number of nitrogens with one attached hydrogen (secondary N) is 1. The fourth-order valence-electron chi connectivity index (χ4n) is 2.21. The summed E-state index contributed by atoms with van der Waals surface area (Å²) in [5, 5.41) is 4.80. The quantitative estimate of drug-likeness (QED) is 0.641. The van der Waals surface area contributed by atoms with Gasteiger partial charge in [0.1, 0.15) is 0 Å². The molecule has 0 atom stereocenters. The van der Waals surface area contributed by atoms with Gasteiger partial charge in [0.2, 0.25) is 0 Å². The second-order valence-electron chi connectivity index (χ2n) is 5.60. The van der Waals surface area contributed by atoms with Crippen molar-refractivity contribution >= 4 is 34.7 Å². The van der Waals surface area contributed by atoms with Gasteiger partial charge in [-0.2, -0.15) is 0 Å². The van der Waals surface area contributed by atoms with Gasteiger partial charge in [-0.05, 0) is 49.7 Å². The lowest BCUT2D eigenvalue weighted by molar-refractivity contribution is -0.118. The van der Waals surface area contributed by atoms with Crippen LogP contribution in [0.2, 0.25) is 0 Å². The molecule has 0 aliphatic rings. The maximum atomic E-state index is 13.5. The first-order chi connectivity index (χ1) is 12.5. The van der Waals surface area contributed by atoms with E-state index in [1.807, 2.05) is 37.4 Å². The molecule has 0 saturated heterocycles. The fourth-order valence-corrected chi connectivity index (χ4v) is 4.12. The van der Waals surface area contributed by atoms with Crippen LogP contribution in [0, 0.1) is 19.7 Å². The molecule has 0 bridgehead atoms. The SMILES string of the molecule is Cc1csc(Sc2ccc(NC(=O)COc3ccccc3F)c(C)c2)n1. The highest BCUT2D eigenvalue weighted by Gasteiger charge is 2.09. The lowest BCUT2D eigenvalue weighted by Crippen LogP contribution is -2.20. The van der Waals surface area contributed by atoms with Crippen LogP contribution in [0.3, 0.4) is 0 Å². The molecule has 0 unspecified atom stereocenters. The number of nitrogens with zero attached hydrogens (tertiary/aromatic N) is 1. The third-order valence-electron chi connectivity index (χ3n) is 3.47. The maximum Gasteiger partial charge on any atom is 0.262 e. The van der Waals surface area contributed by atoms with Crippen LogP contribution in [-0.2, 0) is 4.79 Å². The average Bonchev–Trinajstić information content (AvgIpc) is 3.01. The summed E-state index contributed by atoms with van der Waals surface area (Å²) in [7, 11) is 0. The Hall–Kier alpha value is -2.38. The molecule has 1 N–H and O–H groups in total. The smallest absolute Gasteiger partial charge is 0.262 e. The Labute approximate surface area is 159 Å². The Balaban J connectivity index is 1.59. The van der Waals surface area contributed by atoms with E-state index in [1.165, 1.54) is 12.1 Å². The molecule has 0 aliphatic carbocycles. The zero-order chi connectivity index (χ0) is 18.5. The van der Waals surface area contributed by atoms with Crippen LogP contribution in [0.1, 0.15) is 11.3 Å². The summed E-state index contributed by atoms with van der Waals surface area (Å²) in [5.74, 6) is -0.771. The molecule has 4 nitrogen and oxygen atoms in total. The molecular weight excluding hydrogens is 371 g/mol. The van der Waals surface area contributed by atoms with Crippen molar-refractivity contribution in [3.05, 3.63) is 64.9 Å². The number of benzene rings is 2. The number of aryl methyl sites for hydroxylation is 2. The zero-order valence-corrected chi connectivity index (χ0v) is 15.9. The number of thiazole rings is 1. The Morgan fingerprint density at radius 3 is 2.77 bits per heavy atom. The van der Waals surface area contributed by atoms with Crippen molar-refractivity contribution in [1.29, 1.82) is 0 Å². The van der Waals surface area contributed by atoms with Gasteiger partial charge in [-0.3, -0.25) is 4.79 Å². The van der Waals surface area contributed by atoms with E-state index in [2.05, 4.69) is 10.3 Å². The Morgan fingerprint density at radius 1 is 1.27 bits per heavy atom. The molecule has 1 heterocycles. The van der Waals surface area contributed by atoms with Crippen LogP contribution in [0.5, 0.6) is 5.75 Å². The molecule has 134 valence electrons. The molecule has 26 heavy (non-hydrogen) atoms. The first-order valence-corrected chi connectivity index (χ1v) is 9.58. The van der Waals surface area contributed by atoms with Crippen molar-refractivity contribution in [2.45, 2.75) is 23.1 Å². The number of aromatic nitrogens is 1. The monoisotopic (exact) mass is 388 g/mol. The molecule has 0 fully saturated rings. The minimum atomic E-state index is -0.490. The van der Waals surface area contributed by atoms with E-state index in [1.54, 1.807) is 35.2 Å². The number of anilines is 1. The standard InChI is InChI=1S/C19H17FN2O2S2/c1-12-9-14(26-19-21-13(2)11-25-19)7-8-16(12)22-18(23)10-24-17-6-4-3-5-15(17)20/h3-9,11H,10H2,1-2H3,(H,22,23). The third kappa shape index (κ3) is 4.83. The van der Waals surface area contributed by atoms with Crippen LogP contribution in [0.15, 0.2) is 57.1 Å². The summed E-state index contributed by atoms with van der Waals surface area (Å²) in [6.45, 7) is 3.63. The number of carbonyl (C=O) groups excluding carboxylic acids is 1. The van der Waals surface area contributed by atoms with Gasteiger partial charge >= 0.3 is 0 Å². The first-order valence-electron chi connectivity index (χ1n) is 7.89. The van der Waals surface area contributed by atoms with E-state index in [9.17, 15) is 9.18 Å². The van der Waals surface area contributed by atoms with Crippen molar-refractivity contribution in [3.8, 4) is 5.75 Å². The minimum Gasteiger partial charge on any atom is -0.481 e.